The number of aliphatic imine (C=N–C) groups is 1. The highest BCUT2D eigenvalue weighted by Gasteiger charge is 2.22. The molecule has 3 rings (SSSR count). The van der Waals surface area contributed by atoms with E-state index in [1.54, 1.807) is 13.3 Å². The molecule has 0 atom stereocenters. The van der Waals surface area contributed by atoms with Crippen molar-refractivity contribution in [2.45, 2.75) is 46.2 Å². The minimum Gasteiger partial charge on any atom is -0.496 e. The van der Waals surface area contributed by atoms with Gasteiger partial charge in [0.05, 0.1) is 13.3 Å². The lowest BCUT2D eigenvalue weighted by molar-refractivity contribution is -0.131. The smallest absolute Gasteiger partial charge is 0.222 e. The molecule has 1 heterocycles. The number of carbonyl (C=O) groups is 1. The fourth-order valence-electron chi connectivity index (χ4n) is 3.20. The largest absolute Gasteiger partial charge is 0.496 e. The third-order valence-corrected chi connectivity index (χ3v) is 5.08. The van der Waals surface area contributed by atoms with E-state index < -0.39 is 0 Å². The van der Waals surface area contributed by atoms with Crippen LogP contribution in [0.25, 0.3) is 11.1 Å². The Bertz CT molecular complexity index is 972. The molecule has 0 radical (unpaired) electrons. The summed E-state index contributed by atoms with van der Waals surface area (Å²) in [4.78, 5) is 17.4. The first-order valence-electron chi connectivity index (χ1n) is 10.3. The van der Waals surface area contributed by atoms with Crippen LogP contribution >= 0.6 is 11.6 Å². The van der Waals surface area contributed by atoms with Gasteiger partial charge < -0.3 is 15.0 Å². The van der Waals surface area contributed by atoms with E-state index in [-0.39, 0.29) is 11.7 Å². The van der Waals surface area contributed by atoms with Gasteiger partial charge in [0.1, 0.15) is 5.75 Å². The van der Waals surface area contributed by atoms with E-state index in [1.165, 1.54) is 11.1 Å². The number of nitrogens with one attached hydrogen (secondary N) is 2. The molecule has 0 unspecified atom stereocenters. The second-order valence-electron chi connectivity index (χ2n) is 7.06. The number of amidine groups is 1. The van der Waals surface area contributed by atoms with E-state index in [1.807, 2.05) is 36.9 Å². The lowest BCUT2D eigenvalue weighted by Crippen LogP contribution is -2.23. The van der Waals surface area contributed by atoms with Gasteiger partial charge in [0, 0.05) is 36.3 Å². The molecular weight excluding hydrogens is 412 g/mol. The molecule has 1 aliphatic rings. The number of rotatable bonds is 6. The van der Waals surface area contributed by atoms with Crippen LogP contribution in [0.15, 0.2) is 41.4 Å². The molecule has 0 spiro atoms. The molecule has 0 aliphatic carbocycles. The summed E-state index contributed by atoms with van der Waals surface area (Å²) in [6.07, 6.45) is 5.05. The summed E-state index contributed by atoms with van der Waals surface area (Å²) in [5, 5.41) is 14.1. The highest BCUT2D eigenvalue weighted by molar-refractivity contribution is 6.31. The van der Waals surface area contributed by atoms with Crippen molar-refractivity contribution in [3.63, 3.8) is 0 Å². The summed E-state index contributed by atoms with van der Waals surface area (Å²) in [5.74, 6) is 1.00. The number of unbranched alkanes of at least 4 members (excludes halogenated alkanes) is 1. The SMILES string of the molecule is CCC(=O)N1Cc2ccc(-c3cc(Cl)ccc3OC)cc2C1.CCCC=NC(=N)C=N. The van der Waals surface area contributed by atoms with E-state index in [9.17, 15) is 4.79 Å². The number of fused-ring (bicyclic) bond motifs is 1. The lowest BCUT2D eigenvalue weighted by atomic mass is 10.00. The predicted octanol–water partition coefficient (Wildman–Crippen LogP) is 5.75. The van der Waals surface area contributed by atoms with E-state index in [0.717, 1.165) is 35.9 Å². The predicted molar refractivity (Wildman–Crippen MR) is 128 cm³/mol. The van der Waals surface area contributed by atoms with Gasteiger partial charge in [-0.15, -0.1) is 0 Å². The minimum atomic E-state index is 0.0171. The molecule has 0 aromatic heterocycles. The number of halogens is 1. The molecule has 2 N–H and O–H groups in total. The van der Waals surface area contributed by atoms with Gasteiger partial charge in [-0.3, -0.25) is 10.2 Å². The molecule has 7 heteroatoms. The van der Waals surface area contributed by atoms with Gasteiger partial charge in [-0.2, -0.15) is 0 Å². The summed E-state index contributed by atoms with van der Waals surface area (Å²) in [7, 11) is 1.65. The third-order valence-electron chi connectivity index (χ3n) is 4.84. The Kier molecular flexibility index (Phi) is 9.40. The molecule has 1 amide bonds. The average molecular weight is 441 g/mol. The van der Waals surface area contributed by atoms with Gasteiger partial charge in [-0.25, -0.2) is 4.99 Å². The van der Waals surface area contributed by atoms with Crippen LogP contribution in [0.5, 0.6) is 5.75 Å². The number of benzene rings is 2. The Morgan fingerprint density at radius 2 is 1.94 bits per heavy atom. The van der Waals surface area contributed by atoms with Crippen molar-refractivity contribution in [3.8, 4) is 16.9 Å². The highest BCUT2D eigenvalue weighted by atomic mass is 35.5. The van der Waals surface area contributed by atoms with Crippen LogP contribution in [0, 0.1) is 10.8 Å². The molecule has 164 valence electrons. The Morgan fingerprint density at radius 3 is 2.58 bits per heavy atom. The number of ether oxygens (including phenoxy) is 1. The number of hydrogen-bond acceptors (Lipinski definition) is 4. The van der Waals surface area contributed by atoms with Gasteiger partial charge in [0.25, 0.3) is 0 Å². The first-order chi connectivity index (χ1) is 14.9. The second kappa shape index (κ2) is 12.0. The van der Waals surface area contributed by atoms with Gasteiger partial charge >= 0.3 is 0 Å². The number of hydrogen-bond donors (Lipinski definition) is 2. The third kappa shape index (κ3) is 6.76. The normalized spacial score (nSPS) is 12.2. The van der Waals surface area contributed by atoms with Crippen molar-refractivity contribution in [2.75, 3.05) is 7.11 Å². The second-order valence-corrected chi connectivity index (χ2v) is 7.50. The first kappa shape index (κ1) is 24.3. The van der Waals surface area contributed by atoms with Crippen LogP contribution in [0.3, 0.4) is 0 Å². The molecule has 1 aliphatic heterocycles. The summed E-state index contributed by atoms with van der Waals surface area (Å²) in [6, 6.07) is 11.9. The number of methoxy groups -OCH3 is 1. The lowest BCUT2D eigenvalue weighted by Gasteiger charge is -2.13. The molecule has 0 bridgehead atoms. The first-order valence-corrected chi connectivity index (χ1v) is 10.7. The molecule has 2 aromatic rings. The standard InChI is InChI=1S/C18H18ClNO2.C6H11N3/c1-3-18(21)20-10-13-5-4-12(8-14(13)11-20)16-9-15(19)6-7-17(16)22-2;1-2-3-4-9-6(8)5-7/h4-9H,3,10-11H2,1-2H3;4-5,7-8H,2-3H2,1H3. The zero-order valence-corrected chi connectivity index (χ0v) is 19.0. The van der Waals surface area contributed by atoms with Crippen molar-refractivity contribution in [3.05, 3.63) is 52.5 Å². The molecule has 6 nitrogen and oxygen atoms in total. The van der Waals surface area contributed by atoms with Gasteiger partial charge in [-0.1, -0.05) is 44.0 Å². The molecular formula is C24H29ClN4O2. The van der Waals surface area contributed by atoms with Crippen molar-refractivity contribution in [1.29, 1.82) is 10.8 Å². The average Bonchev–Trinajstić information content (AvgIpc) is 3.22. The van der Waals surface area contributed by atoms with Crippen LogP contribution in [0.1, 0.15) is 44.2 Å². The van der Waals surface area contributed by atoms with E-state index in [0.29, 0.717) is 24.5 Å². The molecule has 0 saturated heterocycles. The zero-order chi connectivity index (χ0) is 22.8. The molecule has 2 aromatic carbocycles. The van der Waals surface area contributed by atoms with Crippen molar-refractivity contribution < 1.29 is 9.53 Å². The van der Waals surface area contributed by atoms with Crippen LogP contribution in [0.4, 0.5) is 0 Å². The quantitative estimate of drug-likeness (QED) is 0.442. The van der Waals surface area contributed by atoms with Gasteiger partial charge in [-0.05, 0) is 47.4 Å². The summed E-state index contributed by atoms with van der Waals surface area (Å²) < 4.78 is 5.43. The van der Waals surface area contributed by atoms with Crippen LogP contribution < -0.4 is 4.74 Å². The number of nitrogens with zero attached hydrogens (tertiary/aromatic N) is 2. The topological polar surface area (TPSA) is 89.6 Å². The number of carbonyl (C=O) groups excluding carboxylic acids is 1. The number of amides is 1. The maximum atomic E-state index is 11.9. The Labute approximate surface area is 188 Å². The maximum Gasteiger partial charge on any atom is 0.222 e. The maximum absolute atomic E-state index is 11.9. The summed E-state index contributed by atoms with van der Waals surface area (Å²) >= 11 is 6.12. The van der Waals surface area contributed by atoms with Crippen LogP contribution in [-0.2, 0) is 17.9 Å². The van der Waals surface area contributed by atoms with Gasteiger partial charge in [0.15, 0.2) is 5.84 Å². The fourth-order valence-corrected chi connectivity index (χ4v) is 3.37. The Hall–Kier alpha value is -2.99. The Morgan fingerprint density at radius 1 is 1.19 bits per heavy atom. The van der Waals surface area contributed by atoms with E-state index in [4.69, 9.17) is 27.2 Å². The minimum absolute atomic E-state index is 0.0171. The van der Waals surface area contributed by atoms with Crippen LogP contribution in [-0.4, -0.2) is 36.2 Å². The van der Waals surface area contributed by atoms with E-state index >= 15 is 0 Å². The molecule has 0 fully saturated rings. The van der Waals surface area contributed by atoms with Gasteiger partial charge in [0.2, 0.25) is 5.91 Å². The summed E-state index contributed by atoms with van der Waals surface area (Å²) in [6.45, 7) is 5.32. The fraction of sp³-hybridized carbons (Fsp3) is 0.333. The molecule has 31 heavy (non-hydrogen) atoms. The van der Waals surface area contributed by atoms with Crippen molar-refractivity contribution in [1.82, 2.24) is 4.90 Å². The zero-order valence-electron chi connectivity index (χ0n) is 18.2. The van der Waals surface area contributed by atoms with E-state index in [2.05, 4.69) is 23.2 Å². The van der Waals surface area contributed by atoms with Crippen molar-refractivity contribution in [2.24, 2.45) is 4.99 Å². The Balaban J connectivity index is 0.000000323. The monoisotopic (exact) mass is 440 g/mol. The van der Waals surface area contributed by atoms with Crippen molar-refractivity contribution >= 4 is 35.8 Å². The summed E-state index contributed by atoms with van der Waals surface area (Å²) in [5.41, 5.74) is 4.44. The molecule has 0 saturated carbocycles. The van der Waals surface area contributed by atoms with Crippen LogP contribution in [0.2, 0.25) is 5.02 Å². The highest BCUT2D eigenvalue weighted by Crippen LogP contribution is 2.35.